The number of para-hydroxylation sites is 1. The molecule has 0 N–H and O–H groups in total. The van der Waals surface area contributed by atoms with Crippen LogP contribution in [0.5, 0.6) is 0 Å². The van der Waals surface area contributed by atoms with Crippen molar-refractivity contribution in [2.24, 2.45) is 0 Å². The normalized spacial score (nSPS) is 17.4. The van der Waals surface area contributed by atoms with E-state index in [4.69, 9.17) is 17.0 Å². The number of carbonyl (C=O) groups excluding carboxylic acids is 3. The lowest BCUT2D eigenvalue weighted by Gasteiger charge is -2.36. The van der Waals surface area contributed by atoms with Gasteiger partial charge in [0, 0.05) is 44.8 Å². The highest BCUT2D eigenvalue weighted by molar-refractivity contribution is 8.26. The molecular weight excluding hydrogens is 470 g/mol. The summed E-state index contributed by atoms with van der Waals surface area (Å²) in [6.45, 7) is 3.16. The number of benzene rings is 2. The first-order valence-electron chi connectivity index (χ1n) is 11.0. The van der Waals surface area contributed by atoms with Crippen LogP contribution in [0.25, 0.3) is 6.08 Å². The molecule has 176 valence electrons. The van der Waals surface area contributed by atoms with Crippen LogP contribution in [0.1, 0.15) is 22.3 Å². The zero-order chi connectivity index (χ0) is 24.1. The second-order valence-electron chi connectivity index (χ2n) is 7.90. The quantitative estimate of drug-likeness (QED) is 0.346. The Morgan fingerprint density at radius 3 is 2.35 bits per heavy atom. The summed E-state index contributed by atoms with van der Waals surface area (Å²) in [6.07, 6.45) is 1.98. The average molecular weight is 496 g/mol. The third-order valence-corrected chi connectivity index (χ3v) is 7.18. The van der Waals surface area contributed by atoms with Crippen molar-refractivity contribution in [3.63, 3.8) is 0 Å². The molecule has 2 aromatic carbocycles. The summed E-state index contributed by atoms with van der Waals surface area (Å²) < 4.78 is 5.15. The lowest BCUT2D eigenvalue weighted by Crippen LogP contribution is -2.49. The zero-order valence-corrected chi connectivity index (χ0v) is 20.4. The van der Waals surface area contributed by atoms with Crippen molar-refractivity contribution >= 4 is 57.8 Å². The van der Waals surface area contributed by atoms with Crippen molar-refractivity contribution in [1.82, 2.24) is 9.80 Å². The number of amides is 2. The first-order chi connectivity index (χ1) is 16.5. The van der Waals surface area contributed by atoms with Crippen molar-refractivity contribution < 1.29 is 19.1 Å². The molecule has 2 saturated heterocycles. The van der Waals surface area contributed by atoms with E-state index in [1.54, 1.807) is 30.3 Å². The van der Waals surface area contributed by atoms with E-state index < -0.39 is 5.97 Å². The number of esters is 1. The van der Waals surface area contributed by atoms with Gasteiger partial charge >= 0.3 is 5.97 Å². The molecule has 0 aliphatic carbocycles. The summed E-state index contributed by atoms with van der Waals surface area (Å²) in [4.78, 5) is 43.3. The van der Waals surface area contributed by atoms with E-state index in [0.29, 0.717) is 27.9 Å². The molecule has 2 aliphatic rings. The lowest BCUT2D eigenvalue weighted by molar-refractivity contribution is -0.132. The summed E-state index contributed by atoms with van der Waals surface area (Å²) in [5.74, 6) is -0.582. The number of ether oxygens (including phenoxy) is 1. The molecule has 2 aromatic rings. The van der Waals surface area contributed by atoms with Gasteiger partial charge in [0.25, 0.3) is 5.91 Å². The average Bonchev–Trinajstić information content (AvgIpc) is 3.14. The molecule has 2 aliphatic heterocycles. The first-order valence-corrected chi connectivity index (χ1v) is 12.2. The van der Waals surface area contributed by atoms with E-state index in [0.717, 1.165) is 18.7 Å². The number of hydrogen-bond acceptors (Lipinski definition) is 7. The second kappa shape index (κ2) is 10.8. The van der Waals surface area contributed by atoms with Gasteiger partial charge in [-0.05, 0) is 35.9 Å². The molecular formula is C25H25N3O4S2. The molecule has 0 radical (unpaired) electrons. The Morgan fingerprint density at radius 2 is 1.71 bits per heavy atom. The van der Waals surface area contributed by atoms with E-state index in [2.05, 4.69) is 17.0 Å². The fourth-order valence-corrected chi connectivity index (χ4v) is 5.20. The van der Waals surface area contributed by atoms with Gasteiger partial charge in [0.1, 0.15) is 4.32 Å². The van der Waals surface area contributed by atoms with Crippen LogP contribution >= 0.6 is 24.0 Å². The molecule has 34 heavy (non-hydrogen) atoms. The third-order valence-electron chi connectivity index (χ3n) is 5.81. The highest BCUT2D eigenvalue weighted by Gasteiger charge is 2.32. The van der Waals surface area contributed by atoms with E-state index in [1.165, 1.54) is 29.5 Å². The number of piperazine rings is 1. The number of carbonyl (C=O) groups is 3. The van der Waals surface area contributed by atoms with Crippen molar-refractivity contribution in [2.75, 3.05) is 44.7 Å². The Morgan fingerprint density at radius 1 is 1.03 bits per heavy atom. The highest BCUT2D eigenvalue weighted by atomic mass is 32.2. The SMILES string of the molecule is COC(=O)c1ccc(/C=C2/SC(=S)N(CCC(=O)N3CCN(c4ccccc4)CC3)C2=O)cc1. The van der Waals surface area contributed by atoms with Gasteiger partial charge in [0.15, 0.2) is 0 Å². The van der Waals surface area contributed by atoms with Crippen LogP contribution < -0.4 is 4.90 Å². The monoisotopic (exact) mass is 495 g/mol. The van der Waals surface area contributed by atoms with Crippen LogP contribution in [0.4, 0.5) is 5.69 Å². The number of thioether (sulfide) groups is 1. The molecule has 2 fully saturated rings. The Balaban J connectivity index is 1.30. The van der Waals surface area contributed by atoms with Crippen molar-refractivity contribution in [3.8, 4) is 0 Å². The smallest absolute Gasteiger partial charge is 0.337 e. The fraction of sp³-hybridized carbons (Fsp3) is 0.280. The fourth-order valence-electron chi connectivity index (χ4n) is 3.90. The number of methoxy groups -OCH3 is 1. The van der Waals surface area contributed by atoms with Gasteiger partial charge in [0.05, 0.1) is 17.6 Å². The van der Waals surface area contributed by atoms with E-state index in [1.807, 2.05) is 23.1 Å². The summed E-state index contributed by atoms with van der Waals surface area (Å²) >= 11 is 6.62. The van der Waals surface area contributed by atoms with Gasteiger partial charge in [-0.3, -0.25) is 14.5 Å². The predicted molar refractivity (Wildman–Crippen MR) is 138 cm³/mol. The van der Waals surface area contributed by atoms with Crippen molar-refractivity contribution in [3.05, 3.63) is 70.6 Å². The largest absolute Gasteiger partial charge is 0.465 e. The minimum absolute atomic E-state index is 0.0316. The zero-order valence-electron chi connectivity index (χ0n) is 18.8. The molecule has 7 nitrogen and oxygen atoms in total. The molecule has 2 heterocycles. The van der Waals surface area contributed by atoms with Crippen LogP contribution in [0, 0.1) is 0 Å². The maximum Gasteiger partial charge on any atom is 0.337 e. The van der Waals surface area contributed by atoms with Crippen LogP contribution in [-0.2, 0) is 14.3 Å². The topological polar surface area (TPSA) is 70.2 Å². The van der Waals surface area contributed by atoms with Crippen LogP contribution in [0.2, 0.25) is 0 Å². The molecule has 9 heteroatoms. The van der Waals surface area contributed by atoms with Gasteiger partial charge in [0.2, 0.25) is 5.91 Å². The predicted octanol–water partition coefficient (Wildman–Crippen LogP) is 3.41. The first kappa shape index (κ1) is 24.0. The summed E-state index contributed by atoms with van der Waals surface area (Å²) in [5, 5.41) is 0. The Hall–Kier alpha value is -3.17. The second-order valence-corrected chi connectivity index (χ2v) is 9.58. The lowest BCUT2D eigenvalue weighted by atomic mass is 10.1. The van der Waals surface area contributed by atoms with Gasteiger partial charge in [-0.2, -0.15) is 0 Å². The molecule has 0 atom stereocenters. The minimum Gasteiger partial charge on any atom is -0.465 e. The van der Waals surface area contributed by atoms with Gasteiger partial charge in [-0.15, -0.1) is 0 Å². The molecule has 0 saturated carbocycles. The minimum atomic E-state index is -0.413. The van der Waals surface area contributed by atoms with Gasteiger partial charge in [-0.25, -0.2) is 4.79 Å². The molecule has 0 bridgehead atoms. The highest BCUT2D eigenvalue weighted by Crippen LogP contribution is 2.32. The molecule has 2 amide bonds. The van der Waals surface area contributed by atoms with Crippen molar-refractivity contribution in [2.45, 2.75) is 6.42 Å². The molecule has 0 aromatic heterocycles. The Kier molecular flexibility index (Phi) is 7.64. The molecule has 0 unspecified atom stereocenters. The van der Waals surface area contributed by atoms with Crippen LogP contribution in [0.15, 0.2) is 59.5 Å². The molecule has 4 rings (SSSR count). The summed E-state index contributed by atoms with van der Waals surface area (Å²) in [6, 6.07) is 17.0. The Bertz CT molecular complexity index is 1110. The summed E-state index contributed by atoms with van der Waals surface area (Å²) in [7, 11) is 1.33. The molecule has 0 spiro atoms. The van der Waals surface area contributed by atoms with E-state index in [-0.39, 0.29) is 24.8 Å². The number of hydrogen-bond donors (Lipinski definition) is 0. The third kappa shape index (κ3) is 5.48. The van der Waals surface area contributed by atoms with Crippen LogP contribution in [-0.4, -0.2) is 71.7 Å². The van der Waals surface area contributed by atoms with Crippen molar-refractivity contribution in [1.29, 1.82) is 0 Å². The number of anilines is 1. The van der Waals surface area contributed by atoms with Crippen LogP contribution in [0.3, 0.4) is 0 Å². The van der Waals surface area contributed by atoms with E-state index in [9.17, 15) is 14.4 Å². The maximum absolute atomic E-state index is 12.9. The maximum atomic E-state index is 12.9. The standard InChI is InChI=1S/C25H25N3O4S2/c1-32-24(31)19-9-7-18(8-10-19)17-21-23(30)28(25(33)34-21)12-11-22(29)27-15-13-26(14-16-27)20-5-3-2-4-6-20/h2-10,17H,11-16H2,1H3/b21-17+. The summed E-state index contributed by atoms with van der Waals surface area (Å²) in [5.41, 5.74) is 2.38. The Labute approximate surface area is 208 Å². The van der Waals surface area contributed by atoms with Gasteiger partial charge in [-0.1, -0.05) is 54.3 Å². The number of nitrogens with zero attached hydrogens (tertiary/aromatic N) is 3. The van der Waals surface area contributed by atoms with Gasteiger partial charge < -0.3 is 14.5 Å². The number of rotatable bonds is 6. The number of thiocarbonyl (C=S) groups is 1. The van der Waals surface area contributed by atoms with E-state index >= 15 is 0 Å².